The topological polar surface area (TPSA) is 47.3 Å². The van der Waals surface area contributed by atoms with Gasteiger partial charge in [0, 0.05) is 31.8 Å². The molecule has 0 amide bonds. The second-order valence-electron chi connectivity index (χ2n) is 3.72. The first kappa shape index (κ1) is 7.53. The first-order valence-corrected chi connectivity index (χ1v) is 4.39. The average Bonchev–Trinajstić information content (AvgIpc) is 2.02. The average molecular weight is 156 g/mol. The molecule has 2 fully saturated rings. The van der Waals surface area contributed by atoms with Crippen molar-refractivity contribution in [2.45, 2.75) is 18.4 Å². The molecule has 2 aliphatic rings. The lowest BCUT2D eigenvalue weighted by Gasteiger charge is -2.46. The monoisotopic (exact) mass is 156 g/mol. The minimum Gasteiger partial charge on any atom is -0.381 e. The number of rotatable bonds is 1. The molecular weight excluding hydrogens is 140 g/mol. The molecule has 3 heteroatoms. The zero-order chi connectivity index (χ0) is 7.73. The lowest BCUT2D eigenvalue weighted by molar-refractivity contribution is 0.0242. The van der Waals surface area contributed by atoms with Gasteiger partial charge in [-0.1, -0.05) is 0 Å². The van der Waals surface area contributed by atoms with Crippen LogP contribution in [0.15, 0.2) is 0 Å². The Kier molecular flexibility index (Phi) is 1.87. The van der Waals surface area contributed by atoms with E-state index >= 15 is 0 Å². The molecule has 0 spiro atoms. The molecule has 11 heavy (non-hydrogen) atoms. The Labute approximate surface area is 67.3 Å². The number of hydrogen-bond donors (Lipinski definition) is 2. The van der Waals surface area contributed by atoms with Crippen molar-refractivity contribution in [3.8, 4) is 0 Å². The van der Waals surface area contributed by atoms with Crippen LogP contribution in [0.1, 0.15) is 12.8 Å². The molecule has 2 heterocycles. The van der Waals surface area contributed by atoms with Crippen molar-refractivity contribution in [1.82, 2.24) is 5.32 Å². The van der Waals surface area contributed by atoms with Gasteiger partial charge in [0.1, 0.15) is 0 Å². The van der Waals surface area contributed by atoms with E-state index in [0.29, 0.717) is 5.92 Å². The van der Waals surface area contributed by atoms with Crippen LogP contribution in [0.2, 0.25) is 0 Å². The molecule has 0 bridgehead atoms. The van der Waals surface area contributed by atoms with Crippen LogP contribution in [0.25, 0.3) is 0 Å². The largest absolute Gasteiger partial charge is 0.381 e. The third-order valence-electron chi connectivity index (χ3n) is 2.94. The maximum absolute atomic E-state index is 6.16. The summed E-state index contributed by atoms with van der Waals surface area (Å²) in [4.78, 5) is 0. The Balaban J connectivity index is 1.91. The second-order valence-corrected chi connectivity index (χ2v) is 3.72. The number of hydrogen-bond acceptors (Lipinski definition) is 3. The number of nitrogens with two attached hydrogens (primary N) is 1. The lowest BCUT2D eigenvalue weighted by atomic mass is 9.76. The summed E-state index contributed by atoms with van der Waals surface area (Å²) in [6, 6.07) is 0. The van der Waals surface area contributed by atoms with E-state index in [-0.39, 0.29) is 5.54 Å². The second kappa shape index (κ2) is 2.73. The zero-order valence-electron chi connectivity index (χ0n) is 6.81. The molecule has 0 radical (unpaired) electrons. The maximum atomic E-state index is 6.16. The molecular formula is C8H16N2O. The van der Waals surface area contributed by atoms with E-state index in [1.807, 2.05) is 0 Å². The van der Waals surface area contributed by atoms with Crippen LogP contribution >= 0.6 is 0 Å². The van der Waals surface area contributed by atoms with Crippen molar-refractivity contribution >= 4 is 0 Å². The summed E-state index contributed by atoms with van der Waals surface area (Å²) in [6.07, 6.45) is 2.30. The first-order chi connectivity index (χ1) is 5.31. The maximum Gasteiger partial charge on any atom is 0.0469 e. The van der Waals surface area contributed by atoms with Crippen molar-refractivity contribution < 1.29 is 4.74 Å². The fourth-order valence-corrected chi connectivity index (χ4v) is 1.97. The Morgan fingerprint density at radius 2 is 1.91 bits per heavy atom. The predicted octanol–water partition coefficient (Wildman–Crippen LogP) is -0.286. The van der Waals surface area contributed by atoms with Gasteiger partial charge in [0.25, 0.3) is 0 Å². The predicted molar refractivity (Wildman–Crippen MR) is 43.3 cm³/mol. The van der Waals surface area contributed by atoms with E-state index in [1.54, 1.807) is 0 Å². The Morgan fingerprint density at radius 1 is 1.27 bits per heavy atom. The van der Waals surface area contributed by atoms with Gasteiger partial charge in [-0.2, -0.15) is 0 Å². The molecule has 64 valence electrons. The van der Waals surface area contributed by atoms with Gasteiger partial charge in [-0.3, -0.25) is 0 Å². The quantitative estimate of drug-likeness (QED) is 0.548. The van der Waals surface area contributed by atoms with Crippen LogP contribution in [-0.4, -0.2) is 31.8 Å². The van der Waals surface area contributed by atoms with Crippen LogP contribution in [0, 0.1) is 5.92 Å². The lowest BCUT2D eigenvalue weighted by Crippen LogP contribution is -2.70. The molecule has 0 aliphatic carbocycles. The Morgan fingerprint density at radius 3 is 2.36 bits per heavy atom. The Bertz CT molecular complexity index is 139. The summed E-state index contributed by atoms with van der Waals surface area (Å²) in [6.45, 7) is 3.81. The molecule has 0 aromatic rings. The first-order valence-electron chi connectivity index (χ1n) is 4.39. The Hall–Kier alpha value is -0.120. The standard InChI is InChI=1S/C8H16N2O/c9-8(5-10-6-8)7-1-3-11-4-2-7/h7,10H,1-6,9H2. The number of ether oxygens (including phenoxy) is 1. The van der Waals surface area contributed by atoms with E-state index in [2.05, 4.69) is 5.32 Å². The molecule has 0 atom stereocenters. The van der Waals surface area contributed by atoms with Crippen LogP contribution in [0.4, 0.5) is 0 Å². The van der Waals surface area contributed by atoms with Gasteiger partial charge in [-0.25, -0.2) is 0 Å². The van der Waals surface area contributed by atoms with E-state index in [9.17, 15) is 0 Å². The van der Waals surface area contributed by atoms with Crippen molar-refractivity contribution in [2.24, 2.45) is 11.7 Å². The SMILES string of the molecule is NC1(C2CCOCC2)CNC1. The molecule has 2 aliphatic heterocycles. The van der Waals surface area contributed by atoms with Crippen LogP contribution in [0.5, 0.6) is 0 Å². The highest BCUT2D eigenvalue weighted by atomic mass is 16.5. The van der Waals surface area contributed by atoms with Crippen molar-refractivity contribution in [2.75, 3.05) is 26.3 Å². The summed E-state index contributed by atoms with van der Waals surface area (Å²) >= 11 is 0. The molecule has 2 rings (SSSR count). The van der Waals surface area contributed by atoms with Crippen LogP contribution in [0.3, 0.4) is 0 Å². The van der Waals surface area contributed by atoms with E-state index in [4.69, 9.17) is 10.5 Å². The highest BCUT2D eigenvalue weighted by molar-refractivity contribution is 5.02. The van der Waals surface area contributed by atoms with Gasteiger partial charge in [0.2, 0.25) is 0 Å². The summed E-state index contributed by atoms with van der Waals surface area (Å²) in [7, 11) is 0. The molecule has 2 saturated heterocycles. The van der Waals surface area contributed by atoms with E-state index in [0.717, 1.165) is 39.1 Å². The minimum absolute atomic E-state index is 0.101. The van der Waals surface area contributed by atoms with Gasteiger partial charge in [0.15, 0.2) is 0 Å². The third kappa shape index (κ3) is 1.28. The molecule has 0 saturated carbocycles. The fourth-order valence-electron chi connectivity index (χ4n) is 1.97. The van der Waals surface area contributed by atoms with Gasteiger partial charge in [0.05, 0.1) is 0 Å². The highest BCUT2D eigenvalue weighted by Gasteiger charge is 2.40. The van der Waals surface area contributed by atoms with Gasteiger partial charge in [-0.05, 0) is 18.8 Å². The summed E-state index contributed by atoms with van der Waals surface area (Å²) in [5.41, 5.74) is 6.26. The van der Waals surface area contributed by atoms with Crippen molar-refractivity contribution in [3.05, 3.63) is 0 Å². The molecule has 0 unspecified atom stereocenters. The zero-order valence-corrected chi connectivity index (χ0v) is 6.81. The minimum atomic E-state index is 0.101. The normalized spacial score (nSPS) is 31.4. The smallest absolute Gasteiger partial charge is 0.0469 e. The fraction of sp³-hybridized carbons (Fsp3) is 1.00. The molecule has 0 aromatic heterocycles. The van der Waals surface area contributed by atoms with E-state index in [1.165, 1.54) is 0 Å². The number of nitrogens with one attached hydrogen (secondary N) is 1. The molecule has 0 aromatic carbocycles. The molecule has 3 nitrogen and oxygen atoms in total. The van der Waals surface area contributed by atoms with Crippen LogP contribution < -0.4 is 11.1 Å². The third-order valence-corrected chi connectivity index (χ3v) is 2.94. The van der Waals surface area contributed by atoms with Gasteiger partial charge < -0.3 is 15.8 Å². The molecule has 3 N–H and O–H groups in total. The summed E-state index contributed by atoms with van der Waals surface area (Å²) in [5.74, 6) is 0.692. The van der Waals surface area contributed by atoms with Crippen molar-refractivity contribution in [1.29, 1.82) is 0 Å². The van der Waals surface area contributed by atoms with Gasteiger partial charge >= 0.3 is 0 Å². The van der Waals surface area contributed by atoms with Crippen molar-refractivity contribution in [3.63, 3.8) is 0 Å². The van der Waals surface area contributed by atoms with Gasteiger partial charge in [-0.15, -0.1) is 0 Å². The van der Waals surface area contributed by atoms with E-state index < -0.39 is 0 Å². The summed E-state index contributed by atoms with van der Waals surface area (Å²) in [5, 5.41) is 3.23. The highest BCUT2D eigenvalue weighted by Crippen LogP contribution is 2.28. The summed E-state index contributed by atoms with van der Waals surface area (Å²) < 4.78 is 5.29. The van der Waals surface area contributed by atoms with Crippen LogP contribution in [-0.2, 0) is 4.74 Å².